The summed E-state index contributed by atoms with van der Waals surface area (Å²) in [6.07, 6.45) is 0. The zero-order valence-corrected chi connectivity index (χ0v) is 19.1. The van der Waals surface area contributed by atoms with Gasteiger partial charge in [0.2, 0.25) is 0 Å². The average Bonchev–Trinajstić information content (AvgIpc) is 3.21. The number of nitrogens with one attached hydrogen (secondary N) is 1. The van der Waals surface area contributed by atoms with Crippen LogP contribution in [0.3, 0.4) is 0 Å². The Kier molecular flexibility index (Phi) is 5.86. The fourth-order valence-corrected chi connectivity index (χ4v) is 5.63. The molecule has 1 N–H and O–H groups in total. The summed E-state index contributed by atoms with van der Waals surface area (Å²) < 4.78 is 34.6. The predicted molar refractivity (Wildman–Crippen MR) is 128 cm³/mol. The SMILES string of the molecule is Cc1cc(S(=O)N2CCOCC2)ccc1-c1ccc2[nH]c(-c3c(F)cccc3Cl)cc2c1. The van der Waals surface area contributed by atoms with E-state index in [-0.39, 0.29) is 5.82 Å². The van der Waals surface area contributed by atoms with Gasteiger partial charge in [-0.05, 0) is 66.1 Å². The lowest BCUT2D eigenvalue weighted by Crippen LogP contribution is -2.37. The van der Waals surface area contributed by atoms with Crippen LogP contribution in [-0.2, 0) is 15.7 Å². The minimum atomic E-state index is -1.19. The summed E-state index contributed by atoms with van der Waals surface area (Å²) in [6, 6.07) is 18.6. The Morgan fingerprint density at radius 3 is 2.62 bits per heavy atom. The Morgan fingerprint density at radius 1 is 1.06 bits per heavy atom. The molecule has 1 aliphatic heterocycles. The first-order valence-electron chi connectivity index (χ1n) is 10.4. The molecule has 0 amide bonds. The fraction of sp³-hybridized carbons (Fsp3) is 0.200. The highest BCUT2D eigenvalue weighted by Crippen LogP contribution is 2.34. The summed E-state index contributed by atoms with van der Waals surface area (Å²) in [5.74, 6) is -0.357. The molecular weight excluding hydrogens is 447 g/mol. The van der Waals surface area contributed by atoms with Crippen LogP contribution in [0.15, 0.2) is 65.6 Å². The first kappa shape index (κ1) is 21.3. The van der Waals surface area contributed by atoms with Crippen molar-refractivity contribution < 1.29 is 13.3 Å². The van der Waals surface area contributed by atoms with Crippen LogP contribution in [0.5, 0.6) is 0 Å². The van der Waals surface area contributed by atoms with Crippen LogP contribution in [0.1, 0.15) is 5.56 Å². The molecule has 0 saturated carbocycles. The van der Waals surface area contributed by atoms with Crippen molar-refractivity contribution in [2.75, 3.05) is 26.3 Å². The summed E-state index contributed by atoms with van der Waals surface area (Å²) in [7, 11) is -1.19. The van der Waals surface area contributed by atoms with Gasteiger partial charge in [-0.3, -0.25) is 0 Å². The van der Waals surface area contributed by atoms with Gasteiger partial charge in [-0.1, -0.05) is 29.8 Å². The molecule has 0 bridgehead atoms. The molecule has 2 heterocycles. The monoisotopic (exact) mass is 468 g/mol. The number of rotatable bonds is 4. The number of hydrogen-bond acceptors (Lipinski definition) is 2. The van der Waals surface area contributed by atoms with Crippen LogP contribution in [-0.4, -0.2) is 39.8 Å². The Bertz CT molecular complexity index is 1310. The maximum Gasteiger partial charge on any atom is 0.134 e. The van der Waals surface area contributed by atoms with Crippen LogP contribution >= 0.6 is 11.6 Å². The van der Waals surface area contributed by atoms with Crippen molar-refractivity contribution in [3.05, 3.63) is 77.1 Å². The lowest BCUT2D eigenvalue weighted by molar-refractivity contribution is 0.0752. The van der Waals surface area contributed by atoms with Crippen LogP contribution in [0, 0.1) is 12.7 Å². The van der Waals surface area contributed by atoms with E-state index >= 15 is 0 Å². The smallest absolute Gasteiger partial charge is 0.134 e. The van der Waals surface area contributed by atoms with E-state index in [0.29, 0.717) is 42.6 Å². The summed E-state index contributed by atoms with van der Waals surface area (Å²) in [5, 5.41) is 1.34. The molecule has 4 nitrogen and oxygen atoms in total. The number of aryl methyl sites for hydroxylation is 1. The lowest BCUT2D eigenvalue weighted by atomic mass is 9.99. The van der Waals surface area contributed by atoms with Gasteiger partial charge >= 0.3 is 0 Å². The number of halogens is 2. The number of hydrogen-bond donors (Lipinski definition) is 1. The summed E-state index contributed by atoms with van der Waals surface area (Å²) in [4.78, 5) is 4.07. The molecule has 164 valence electrons. The second-order valence-electron chi connectivity index (χ2n) is 7.85. The zero-order chi connectivity index (χ0) is 22.2. The van der Waals surface area contributed by atoms with Crippen molar-refractivity contribution in [2.45, 2.75) is 11.8 Å². The molecule has 1 fully saturated rings. The molecule has 5 rings (SSSR count). The van der Waals surface area contributed by atoms with Gasteiger partial charge in [0.05, 0.1) is 34.4 Å². The molecule has 3 aromatic carbocycles. The lowest BCUT2D eigenvalue weighted by Gasteiger charge is -2.25. The van der Waals surface area contributed by atoms with Gasteiger partial charge in [0, 0.05) is 24.0 Å². The van der Waals surface area contributed by atoms with Gasteiger partial charge in [-0.25, -0.2) is 12.9 Å². The third-order valence-corrected chi connectivity index (χ3v) is 7.57. The van der Waals surface area contributed by atoms with E-state index in [9.17, 15) is 8.60 Å². The van der Waals surface area contributed by atoms with Gasteiger partial charge in [0.15, 0.2) is 0 Å². The average molecular weight is 469 g/mol. The summed E-state index contributed by atoms with van der Waals surface area (Å²) in [5.41, 5.74) is 5.10. The topological polar surface area (TPSA) is 45.3 Å². The third-order valence-electron chi connectivity index (χ3n) is 5.77. The second kappa shape index (κ2) is 8.79. The van der Waals surface area contributed by atoms with E-state index in [1.807, 2.05) is 47.6 Å². The first-order chi connectivity index (χ1) is 15.5. The van der Waals surface area contributed by atoms with Crippen molar-refractivity contribution in [1.29, 1.82) is 0 Å². The van der Waals surface area contributed by atoms with E-state index in [2.05, 4.69) is 11.1 Å². The van der Waals surface area contributed by atoms with E-state index in [4.69, 9.17) is 16.3 Å². The standard InChI is InChI=1S/C25H22ClFN2O2S/c1-16-13-19(32(30)29-9-11-31-12-10-29)6-7-20(16)17-5-8-23-18(14-17)15-24(28-23)25-21(26)3-2-4-22(25)27/h2-8,13-15,28H,9-12H2,1H3. The zero-order valence-electron chi connectivity index (χ0n) is 17.5. The van der Waals surface area contributed by atoms with Crippen LogP contribution < -0.4 is 0 Å². The normalized spacial score (nSPS) is 15.8. The van der Waals surface area contributed by atoms with Crippen molar-refractivity contribution in [1.82, 2.24) is 9.29 Å². The van der Waals surface area contributed by atoms with Crippen LogP contribution in [0.4, 0.5) is 4.39 Å². The molecule has 0 spiro atoms. The second-order valence-corrected chi connectivity index (χ2v) is 9.74. The molecule has 0 aliphatic carbocycles. The molecule has 1 aliphatic rings. The Balaban J connectivity index is 1.47. The van der Waals surface area contributed by atoms with Crippen molar-refractivity contribution in [3.63, 3.8) is 0 Å². The molecule has 1 atom stereocenters. The maximum atomic E-state index is 14.4. The quantitative estimate of drug-likeness (QED) is 0.401. The predicted octanol–water partition coefficient (Wildman–Crippen LogP) is 5.96. The maximum absolute atomic E-state index is 14.4. The largest absolute Gasteiger partial charge is 0.379 e. The molecule has 32 heavy (non-hydrogen) atoms. The Morgan fingerprint density at radius 2 is 1.88 bits per heavy atom. The minimum Gasteiger partial charge on any atom is -0.379 e. The van der Waals surface area contributed by atoms with Gasteiger partial charge < -0.3 is 9.72 Å². The first-order valence-corrected chi connectivity index (χ1v) is 11.9. The Labute approximate surface area is 193 Å². The van der Waals surface area contributed by atoms with Gasteiger partial charge in [-0.15, -0.1) is 0 Å². The number of ether oxygens (including phenoxy) is 1. The number of aromatic amines is 1. The molecule has 4 aromatic rings. The van der Waals surface area contributed by atoms with Gasteiger partial charge in [0.25, 0.3) is 0 Å². The van der Waals surface area contributed by atoms with Crippen LogP contribution in [0.25, 0.3) is 33.3 Å². The highest BCUT2D eigenvalue weighted by Gasteiger charge is 2.19. The summed E-state index contributed by atoms with van der Waals surface area (Å²) in [6.45, 7) is 4.60. The van der Waals surface area contributed by atoms with Gasteiger partial charge in [-0.2, -0.15) is 0 Å². The highest BCUT2D eigenvalue weighted by molar-refractivity contribution is 7.82. The van der Waals surface area contributed by atoms with E-state index in [1.165, 1.54) is 6.07 Å². The molecule has 0 radical (unpaired) electrons. The van der Waals surface area contributed by atoms with Crippen molar-refractivity contribution >= 4 is 33.5 Å². The van der Waals surface area contributed by atoms with Crippen molar-refractivity contribution in [2.24, 2.45) is 0 Å². The molecule has 7 heteroatoms. The number of benzene rings is 3. The van der Waals surface area contributed by atoms with Gasteiger partial charge in [0.1, 0.15) is 16.8 Å². The van der Waals surface area contributed by atoms with Crippen LogP contribution in [0.2, 0.25) is 5.02 Å². The van der Waals surface area contributed by atoms with Crippen molar-refractivity contribution in [3.8, 4) is 22.4 Å². The molecule has 1 aromatic heterocycles. The number of aromatic nitrogens is 1. The minimum absolute atomic E-state index is 0.357. The number of H-pyrrole nitrogens is 1. The number of morpholine rings is 1. The van der Waals surface area contributed by atoms with E-state index in [1.54, 1.807) is 12.1 Å². The van der Waals surface area contributed by atoms with E-state index in [0.717, 1.165) is 32.5 Å². The highest BCUT2D eigenvalue weighted by atomic mass is 35.5. The van der Waals surface area contributed by atoms with E-state index < -0.39 is 11.0 Å². The molecule has 1 unspecified atom stereocenters. The number of nitrogens with zero attached hydrogens (tertiary/aromatic N) is 1. The summed E-state index contributed by atoms with van der Waals surface area (Å²) >= 11 is 6.24. The third kappa shape index (κ3) is 3.99. The fourth-order valence-electron chi connectivity index (χ4n) is 4.12. The Hall–Kier alpha value is -2.51. The molecular formula is C25H22ClFN2O2S. The number of fused-ring (bicyclic) bond motifs is 1. The molecule has 1 saturated heterocycles.